The van der Waals surface area contributed by atoms with Crippen molar-refractivity contribution in [3.63, 3.8) is 0 Å². The predicted octanol–water partition coefficient (Wildman–Crippen LogP) is 5.17. The van der Waals surface area contributed by atoms with Crippen molar-refractivity contribution in [2.75, 3.05) is 7.11 Å². The fourth-order valence-electron chi connectivity index (χ4n) is 3.83. The Kier molecular flexibility index (Phi) is 5.14. The van der Waals surface area contributed by atoms with Crippen LogP contribution < -0.4 is 0 Å². The minimum Gasteiger partial charge on any atom is -0.504 e. The van der Waals surface area contributed by atoms with Crippen LogP contribution in [0.2, 0.25) is 0 Å². The summed E-state index contributed by atoms with van der Waals surface area (Å²) in [4.78, 5) is 1.82. The van der Waals surface area contributed by atoms with Gasteiger partial charge in [-0.3, -0.25) is 0 Å². The van der Waals surface area contributed by atoms with Crippen LogP contribution in [0, 0.1) is 6.92 Å². The second kappa shape index (κ2) is 7.00. The fraction of sp³-hybridized carbons (Fsp3) is 0.400. The SMILES string of the molecule is C=C(CC(OC)(c1cc(O)c(O)c(O)c1)C(F)(F)F)c1sc(C)c2c1CCC2. The molecule has 2 aromatic rings. The standard InChI is InChI=1S/C20H21F3O4S/c1-10(18-14-6-4-5-13(14)11(2)28-18)9-19(27-3,20(21,22)23)12-7-15(24)17(26)16(25)8-12/h7-8,24-26H,1,4-6,9H2,2-3H3. The second-order valence-electron chi connectivity index (χ2n) is 6.97. The Morgan fingerprint density at radius 2 is 1.71 bits per heavy atom. The van der Waals surface area contributed by atoms with Gasteiger partial charge in [-0.2, -0.15) is 13.2 Å². The molecule has 0 bridgehead atoms. The van der Waals surface area contributed by atoms with Crippen LogP contribution in [0.15, 0.2) is 18.7 Å². The van der Waals surface area contributed by atoms with Crippen molar-refractivity contribution in [1.82, 2.24) is 0 Å². The van der Waals surface area contributed by atoms with Crippen LogP contribution >= 0.6 is 11.3 Å². The molecule has 1 heterocycles. The van der Waals surface area contributed by atoms with E-state index >= 15 is 0 Å². The van der Waals surface area contributed by atoms with Gasteiger partial charge in [0, 0.05) is 28.8 Å². The zero-order valence-corrected chi connectivity index (χ0v) is 16.3. The molecular weight excluding hydrogens is 393 g/mol. The van der Waals surface area contributed by atoms with Crippen LogP contribution in [-0.2, 0) is 23.2 Å². The van der Waals surface area contributed by atoms with Gasteiger partial charge in [0.2, 0.25) is 0 Å². The highest BCUT2D eigenvalue weighted by atomic mass is 32.1. The Morgan fingerprint density at radius 1 is 1.14 bits per heavy atom. The Morgan fingerprint density at radius 3 is 2.25 bits per heavy atom. The van der Waals surface area contributed by atoms with Gasteiger partial charge >= 0.3 is 6.18 Å². The largest absolute Gasteiger partial charge is 0.504 e. The molecule has 1 aromatic heterocycles. The number of phenolic OH excluding ortho intramolecular Hbond substituents is 3. The van der Waals surface area contributed by atoms with E-state index in [2.05, 4.69) is 6.58 Å². The maximum Gasteiger partial charge on any atom is 0.422 e. The number of aromatic hydroxyl groups is 3. The van der Waals surface area contributed by atoms with E-state index < -0.39 is 41.0 Å². The number of hydrogen-bond acceptors (Lipinski definition) is 5. The number of aryl methyl sites for hydroxylation is 1. The van der Waals surface area contributed by atoms with Crippen molar-refractivity contribution in [3.8, 4) is 17.2 Å². The average Bonchev–Trinajstić information content (AvgIpc) is 3.20. The number of ether oxygens (including phenoxy) is 1. The van der Waals surface area contributed by atoms with Crippen molar-refractivity contribution in [1.29, 1.82) is 0 Å². The van der Waals surface area contributed by atoms with Gasteiger partial charge in [0.1, 0.15) is 0 Å². The van der Waals surface area contributed by atoms with E-state index in [9.17, 15) is 28.5 Å². The molecule has 28 heavy (non-hydrogen) atoms. The topological polar surface area (TPSA) is 69.9 Å². The molecule has 152 valence electrons. The lowest BCUT2D eigenvalue weighted by Crippen LogP contribution is -2.44. The highest BCUT2D eigenvalue weighted by Crippen LogP contribution is 2.52. The Bertz CT molecular complexity index is 909. The highest BCUT2D eigenvalue weighted by Gasteiger charge is 2.57. The fourth-order valence-corrected chi connectivity index (χ4v) is 5.05. The van der Waals surface area contributed by atoms with E-state index in [0.29, 0.717) is 0 Å². The summed E-state index contributed by atoms with van der Waals surface area (Å²) in [7, 11) is 0.922. The quantitative estimate of drug-likeness (QED) is 0.591. The number of thiophene rings is 1. The van der Waals surface area contributed by atoms with Gasteiger partial charge in [0.15, 0.2) is 22.8 Å². The van der Waals surface area contributed by atoms with Crippen LogP contribution in [-0.4, -0.2) is 28.6 Å². The average molecular weight is 414 g/mol. The lowest BCUT2D eigenvalue weighted by atomic mass is 9.85. The van der Waals surface area contributed by atoms with E-state index in [4.69, 9.17) is 4.74 Å². The monoisotopic (exact) mass is 414 g/mol. The molecule has 3 N–H and O–H groups in total. The van der Waals surface area contributed by atoms with Crippen LogP contribution in [0.4, 0.5) is 13.2 Å². The summed E-state index contributed by atoms with van der Waals surface area (Å²) in [5.74, 6) is -2.61. The molecule has 1 aliphatic carbocycles. The number of fused-ring (bicyclic) bond motifs is 1. The molecular formula is C20H21F3O4S. The van der Waals surface area contributed by atoms with Crippen molar-refractivity contribution < 1.29 is 33.2 Å². The highest BCUT2D eigenvalue weighted by molar-refractivity contribution is 7.13. The van der Waals surface area contributed by atoms with Gasteiger partial charge in [0.05, 0.1) is 0 Å². The maximum atomic E-state index is 14.2. The zero-order chi connectivity index (χ0) is 20.9. The molecule has 3 rings (SSSR count). The van der Waals surface area contributed by atoms with Gasteiger partial charge in [-0.05, 0) is 55.0 Å². The van der Waals surface area contributed by atoms with Crippen LogP contribution in [0.25, 0.3) is 5.57 Å². The lowest BCUT2D eigenvalue weighted by molar-refractivity contribution is -0.274. The minimum absolute atomic E-state index is 0.280. The molecule has 1 atom stereocenters. The van der Waals surface area contributed by atoms with Gasteiger partial charge in [-0.25, -0.2) is 0 Å². The molecule has 0 saturated heterocycles. The number of benzene rings is 1. The molecule has 0 amide bonds. The van der Waals surface area contributed by atoms with Gasteiger partial charge < -0.3 is 20.1 Å². The molecule has 8 heteroatoms. The number of halogens is 3. The number of hydrogen-bond donors (Lipinski definition) is 3. The van der Waals surface area contributed by atoms with Crippen LogP contribution in [0.3, 0.4) is 0 Å². The molecule has 0 aliphatic heterocycles. The van der Waals surface area contributed by atoms with Crippen molar-refractivity contribution >= 4 is 16.9 Å². The van der Waals surface area contributed by atoms with Gasteiger partial charge in [-0.1, -0.05) is 6.58 Å². The molecule has 0 fully saturated rings. The maximum absolute atomic E-state index is 14.2. The number of methoxy groups -OCH3 is 1. The third-order valence-electron chi connectivity index (χ3n) is 5.30. The normalized spacial score (nSPS) is 16.0. The van der Waals surface area contributed by atoms with E-state index in [1.54, 1.807) is 0 Å². The first-order chi connectivity index (χ1) is 13.0. The summed E-state index contributed by atoms with van der Waals surface area (Å²) in [5, 5.41) is 29.0. The Balaban J connectivity index is 2.09. The van der Waals surface area contributed by atoms with E-state index in [1.807, 2.05) is 6.92 Å². The van der Waals surface area contributed by atoms with Crippen molar-refractivity contribution in [2.24, 2.45) is 0 Å². The predicted molar refractivity (Wildman–Crippen MR) is 101 cm³/mol. The summed E-state index contributed by atoms with van der Waals surface area (Å²) in [6.45, 7) is 5.86. The van der Waals surface area contributed by atoms with Crippen LogP contribution in [0.5, 0.6) is 17.2 Å². The number of phenols is 3. The van der Waals surface area contributed by atoms with Crippen molar-refractivity contribution in [3.05, 3.63) is 45.2 Å². The summed E-state index contributed by atoms with van der Waals surface area (Å²) in [6, 6.07) is 1.51. The van der Waals surface area contributed by atoms with E-state index in [0.717, 1.165) is 53.8 Å². The first kappa shape index (κ1) is 20.5. The number of alkyl halides is 3. The van der Waals surface area contributed by atoms with E-state index in [1.165, 1.54) is 16.9 Å². The molecule has 4 nitrogen and oxygen atoms in total. The minimum atomic E-state index is -4.87. The van der Waals surface area contributed by atoms with E-state index in [-0.39, 0.29) is 5.57 Å². The molecule has 0 radical (unpaired) electrons. The molecule has 1 aliphatic rings. The smallest absolute Gasteiger partial charge is 0.422 e. The van der Waals surface area contributed by atoms with Crippen molar-refractivity contribution in [2.45, 2.75) is 44.4 Å². The second-order valence-corrected chi connectivity index (χ2v) is 8.20. The van der Waals surface area contributed by atoms with Gasteiger partial charge in [-0.15, -0.1) is 11.3 Å². The first-order valence-corrected chi connectivity index (χ1v) is 9.50. The molecule has 0 saturated carbocycles. The Labute approximate surface area is 164 Å². The van der Waals surface area contributed by atoms with Crippen LogP contribution in [0.1, 0.15) is 39.3 Å². The summed E-state index contributed by atoms with van der Waals surface area (Å²) in [6.07, 6.45) is -2.78. The molecule has 1 unspecified atom stereocenters. The summed E-state index contributed by atoms with van der Waals surface area (Å²) in [5.41, 5.74) is -0.827. The summed E-state index contributed by atoms with van der Waals surface area (Å²) >= 11 is 1.43. The number of rotatable bonds is 5. The third kappa shape index (κ3) is 3.14. The zero-order valence-electron chi connectivity index (χ0n) is 15.5. The third-order valence-corrected chi connectivity index (χ3v) is 6.59. The molecule has 0 spiro atoms. The van der Waals surface area contributed by atoms with Gasteiger partial charge in [0.25, 0.3) is 0 Å². The molecule has 1 aromatic carbocycles. The lowest BCUT2D eigenvalue weighted by Gasteiger charge is -2.35. The summed E-state index contributed by atoms with van der Waals surface area (Å²) < 4.78 is 47.5. The first-order valence-electron chi connectivity index (χ1n) is 8.68. The Hall–Kier alpha value is -2.19.